The molecule has 2 aromatic rings. The van der Waals surface area contributed by atoms with E-state index < -0.39 is 6.10 Å². The summed E-state index contributed by atoms with van der Waals surface area (Å²) in [6.45, 7) is 1.98. The third kappa shape index (κ3) is 3.56. The summed E-state index contributed by atoms with van der Waals surface area (Å²) < 4.78 is 2.23. The van der Waals surface area contributed by atoms with Crippen molar-refractivity contribution in [3.05, 3.63) is 34.5 Å². The number of rotatable bonds is 7. The van der Waals surface area contributed by atoms with Crippen LogP contribution in [0.1, 0.15) is 30.5 Å². The van der Waals surface area contributed by atoms with Gasteiger partial charge in [-0.25, -0.2) is 0 Å². The number of para-hydroxylation sites is 1. The topological polar surface area (TPSA) is 57.4 Å². The van der Waals surface area contributed by atoms with Crippen LogP contribution in [0.4, 0.5) is 0 Å². The molecule has 3 N–H and O–H groups in total. The minimum atomic E-state index is -0.466. The number of aryl methyl sites for hydroxylation is 1. The summed E-state index contributed by atoms with van der Waals surface area (Å²) in [5.41, 5.74) is 3.82. The first-order chi connectivity index (χ1) is 11.2. The van der Waals surface area contributed by atoms with Crippen molar-refractivity contribution in [3.8, 4) is 0 Å². The molecule has 3 rings (SSSR count). The predicted molar refractivity (Wildman–Crippen MR) is 94.2 cm³/mol. The summed E-state index contributed by atoms with van der Waals surface area (Å²) >= 11 is 6.47. The zero-order valence-electron chi connectivity index (χ0n) is 13.4. The predicted octanol–water partition coefficient (Wildman–Crippen LogP) is 2.51. The van der Waals surface area contributed by atoms with E-state index in [1.165, 1.54) is 29.5 Å². The molecular weight excluding hydrogens is 312 g/mol. The fourth-order valence-electron chi connectivity index (χ4n) is 3.60. The number of benzene rings is 1. The molecule has 0 unspecified atom stereocenters. The van der Waals surface area contributed by atoms with E-state index in [4.69, 9.17) is 16.7 Å². The zero-order chi connectivity index (χ0) is 16.2. The van der Waals surface area contributed by atoms with Crippen LogP contribution in [0.25, 0.3) is 10.9 Å². The minimum absolute atomic E-state index is 0.175. The number of halogens is 1. The van der Waals surface area contributed by atoms with Crippen molar-refractivity contribution in [1.29, 1.82) is 0 Å². The number of hydrogen-bond donors (Lipinski definition) is 3. The number of aromatic nitrogens is 1. The second-order valence-corrected chi connectivity index (χ2v) is 6.72. The van der Waals surface area contributed by atoms with Crippen LogP contribution in [-0.2, 0) is 19.4 Å². The highest BCUT2D eigenvalue weighted by molar-refractivity contribution is 6.35. The van der Waals surface area contributed by atoms with Gasteiger partial charge in [0.05, 0.1) is 23.2 Å². The van der Waals surface area contributed by atoms with E-state index in [2.05, 4.69) is 16.0 Å². The maximum Gasteiger partial charge on any atom is 0.0843 e. The van der Waals surface area contributed by atoms with E-state index in [-0.39, 0.29) is 6.61 Å². The summed E-state index contributed by atoms with van der Waals surface area (Å²) in [4.78, 5) is 0. The lowest BCUT2D eigenvalue weighted by Crippen LogP contribution is -2.31. The molecule has 1 heterocycles. The van der Waals surface area contributed by atoms with Gasteiger partial charge in [-0.1, -0.05) is 23.7 Å². The second kappa shape index (κ2) is 7.67. The number of nitrogens with one attached hydrogen (secondary N) is 1. The molecule has 23 heavy (non-hydrogen) atoms. The molecule has 1 aromatic carbocycles. The molecule has 0 bridgehead atoms. The lowest BCUT2D eigenvalue weighted by atomic mass is 9.95. The number of hydrogen-bond acceptors (Lipinski definition) is 3. The van der Waals surface area contributed by atoms with Crippen LogP contribution in [0.3, 0.4) is 0 Å². The normalized spacial score (nSPS) is 15.8. The molecular formula is C18H25ClN2O2. The van der Waals surface area contributed by atoms with Gasteiger partial charge < -0.3 is 20.1 Å². The molecule has 1 aliphatic rings. The zero-order valence-corrected chi connectivity index (χ0v) is 14.1. The van der Waals surface area contributed by atoms with Gasteiger partial charge in [0.1, 0.15) is 0 Å². The van der Waals surface area contributed by atoms with E-state index in [9.17, 15) is 5.11 Å². The van der Waals surface area contributed by atoms with Crippen molar-refractivity contribution in [3.63, 3.8) is 0 Å². The van der Waals surface area contributed by atoms with Crippen molar-refractivity contribution < 1.29 is 10.2 Å². The first kappa shape index (κ1) is 16.8. The van der Waals surface area contributed by atoms with Crippen LogP contribution < -0.4 is 5.32 Å². The van der Waals surface area contributed by atoms with Gasteiger partial charge in [-0.05, 0) is 50.3 Å². The van der Waals surface area contributed by atoms with Crippen LogP contribution in [0.5, 0.6) is 0 Å². The standard InChI is InChI=1S/C18H25ClN2O2/c19-16-7-3-6-15-14-5-1-2-8-17(14)21(18(15)16)12-13(23)11-20-9-4-10-22/h3,6-7,13,20,22-23H,1-2,4-5,8-12H2/t13-/m1/s1. The van der Waals surface area contributed by atoms with Crippen molar-refractivity contribution in [1.82, 2.24) is 9.88 Å². The van der Waals surface area contributed by atoms with Crippen molar-refractivity contribution in [2.75, 3.05) is 19.7 Å². The molecule has 4 nitrogen and oxygen atoms in total. The Bertz CT molecular complexity index is 669. The molecule has 0 aliphatic heterocycles. The summed E-state index contributed by atoms with van der Waals surface area (Å²) in [5, 5.41) is 24.4. The minimum Gasteiger partial charge on any atom is -0.396 e. The van der Waals surface area contributed by atoms with Gasteiger partial charge in [0.25, 0.3) is 0 Å². The monoisotopic (exact) mass is 336 g/mol. The highest BCUT2D eigenvalue weighted by Crippen LogP contribution is 2.35. The number of aliphatic hydroxyl groups excluding tert-OH is 2. The third-order valence-electron chi connectivity index (χ3n) is 4.63. The van der Waals surface area contributed by atoms with Gasteiger partial charge in [-0.3, -0.25) is 0 Å². The molecule has 1 aromatic heterocycles. The molecule has 0 fully saturated rings. The number of nitrogens with zero attached hydrogens (tertiary/aromatic N) is 1. The maximum absolute atomic E-state index is 10.4. The summed E-state index contributed by atoms with van der Waals surface area (Å²) in [6.07, 6.45) is 4.83. The molecule has 0 saturated heterocycles. The van der Waals surface area contributed by atoms with E-state index >= 15 is 0 Å². The van der Waals surface area contributed by atoms with Gasteiger partial charge in [0, 0.05) is 24.2 Å². The fraction of sp³-hybridized carbons (Fsp3) is 0.556. The van der Waals surface area contributed by atoms with E-state index in [1.807, 2.05) is 12.1 Å². The molecule has 0 amide bonds. The highest BCUT2D eigenvalue weighted by Gasteiger charge is 2.22. The van der Waals surface area contributed by atoms with E-state index in [1.54, 1.807) is 0 Å². The maximum atomic E-state index is 10.4. The molecule has 0 radical (unpaired) electrons. The van der Waals surface area contributed by atoms with Crippen LogP contribution >= 0.6 is 11.6 Å². The third-order valence-corrected chi connectivity index (χ3v) is 4.94. The highest BCUT2D eigenvalue weighted by atomic mass is 35.5. The van der Waals surface area contributed by atoms with Gasteiger partial charge in [-0.15, -0.1) is 0 Å². The Kier molecular flexibility index (Phi) is 5.59. The number of aliphatic hydroxyl groups is 2. The Hall–Kier alpha value is -1.07. The summed E-state index contributed by atoms with van der Waals surface area (Å²) in [5.74, 6) is 0. The van der Waals surface area contributed by atoms with Crippen LogP contribution in [0, 0.1) is 0 Å². The van der Waals surface area contributed by atoms with Gasteiger partial charge in [0.15, 0.2) is 0 Å². The van der Waals surface area contributed by atoms with E-state index in [0.717, 1.165) is 29.9 Å². The van der Waals surface area contributed by atoms with Crippen molar-refractivity contribution in [2.45, 2.75) is 44.8 Å². The Labute approximate surface area is 142 Å². The Morgan fingerprint density at radius 3 is 2.91 bits per heavy atom. The smallest absolute Gasteiger partial charge is 0.0843 e. The SMILES string of the molecule is OCCCNC[C@@H](O)Cn1c2c(c3cccc(Cl)c31)CCCC2. The first-order valence-electron chi connectivity index (χ1n) is 8.50. The van der Waals surface area contributed by atoms with Gasteiger partial charge in [-0.2, -0.15) is 0 Å². The lowest BCUT2D eigenvalue weighted by molar-refractivity contribution is 0.151. The molecule has 0 saturated carbocycles. The average Bonchev–Trinajstić information content (AvgIpc) is 2.87. The number of fused-ring (bicyclic) bond motifs is 3. The largest absolute Gasteiger partial charge is 0.396 e. The molecule has 1 aliphatic carbocycles. The molecule has 1 atom stereocenters. The van der Waals surface area contributed by atoms with Crippen LogP contribution in [-0.4, -0.2) is 40.6 Å². The molecule has 0 spiro atoms. The molecule has 5 heteroatoms. The van der Waals surface area contributed by atoms with E-state index in [0.29, 0.717) is 19.5 Å². The Morgan fingerprint density at radius 2 is 2.09 bits per heavy atom. The molecule has 126 valence electrons. The van der Waals surface area contributed by atoms with Gasteiger partial charge >= 0.3 is 0 Å². The fourth-order valence-corrected chi connectivity index (χ4v) is 3.87. The van der Waals surface area contributed by atoms with Crippen LogP contribution in [0.2, 0.25) is 5.02 Å². The van der Waals surface area contributed by atoms with Crippen molar-refractivity contribution >= 4 is 22.5 Å². The van der Waals surface area contributed by atoms with Gasteiger partial charge in [0.2, 0.25) is 0 Å². The first-order valence-corrected chi connectivity index (χ1v) is 8.88. The lowest BCUT2D eigenvalue weighted by Gasteiger charge is -2.19. The quantitative estimate of drug-likeness (QED) is 0.681. The average molecular weight is 337 g/mol. The Morgan fingerprint density at radius 1 is 1.26 bits per heavy atom. The van der Waals surface area contributed by atoms with Crippen LogP contribution in [0.15, 0.2) is 18.2 Å². The summed E-state index contributed by atoms with van der Waals surface area (Å²) in [6, 6.07) is 6.09. The Balaban J connectivity index is 1.85. The summed E-state index contributed by atoms with van der Waals surface area (Å²) in [7, 11) is 0. The van der Waals surface area contributed by atoms with Crippen molar-refractivity contribution in [2.24, 2.45) is 0 Å². The second-order valence-electron chi connectivity index (χ2n) is 6.31.